The maximum atomic E-state index is 12.9. The molecule has 0 fully saturated rings. The molecule has 0 saturated heterocycles. The highest BCUT2D eigenvalue weighted by Gasteiger charge is 2.46. The lowest BCUT2D eigenvalue weighted by Gasteiger charge is -2.23. The molecule has 4 nitrogen and oxygen atoms in total. The summed E-state index contributed by atoms with van der Waals surface area (Å²) in [6.07, 6.45) is 0. The SMILES string of the molecule is C[C@@]1(c2ccc(-c3ccc(F)cc3)cc2)OC(=O)C(O)=C1O. The fourth-order valence-corrected chi connectivity index (χ4v) is 2.42. The van der Waals surface area contributed by atoms with Crippen molar-refractivity contribution in [2.24, 2.45) is 0 Å². The minimum Gasteiger partial charge on any atom is -0.505 e. The Labute approximate surface area is 126 Å². The highest BCUT2D eigenvalue weighted by atomic mass is 19.1. The van der Waals surface area contributed by atoms with Gasteiger partial charge in [-0.05, 0) is 30.2 Å². The molecule has 2 aromatic carbocycles. The second-order valence-corrected chi connectivity index (χ2v) is 5.20. The molecule has 2 N–H and O–H groups in total. The van der Waals surface area contributed by atoms with Crippen molar-refractivity contribution >= 4 is 5.97 Å². The van der Waals surface area contributed by atoms with Crippen LogP contribution in [0, 0.1) is 5.82 Å². The van der Waals surface area contributed by atoms with E-state index < -0.39 is 23.1 Å². The molecule has 22 heavy (non-hydrogen) atoms. The molecule has 2 aromatic rings. The van der Waals surface area contributed by atoms with Gasteiger partial charge in [0.2, 0.25) is 5.76 Å². The van der Waals surface area contributed by atoms with Crippen molar-refractivity contribution in [1.29, 1.82) is 0 Å². The first-order chi connectivity index (χ1) is 10.4. The van der Waals surface area contributed by atoms with E-state index in [0.717, 1.165) is 11.1 Å². The topological polar surface area (TPSA) is 66.8 Å². The first-order valence-corrected chi connectivity index (χ1v) is 6.64. The van der Waals surface area contributed by atoms with E-state index in [-0.39, 0.29) is 5.82 Å². The molecule has 0 aliphatic carbocycles. The van der Waals surface area contributed by atoms with E-state index in [1.165, 1.54) is 19.1 Å². The summed E-state index contributed by atoms with van der Waals surface area (Å²) in [5.41, 5.74) is 0.810. The van der Waals surface area contributed by atoms with Crippen LogP contribution >= 0.6 is 0 Å². The Kier molecular flexibility index (Phi) is 3.13. The van der Waals surface area contributed by atoms with Crippen LogP contribution < -0.4 is 0 Å². The second kappa shape index (κ2) is 4.87. The standard InChI is InChI=1S/C17H13FO4/c1-17(15(20)14(19)16(21)22-17)12-6-2-10(3-7-12)11-4-8-13(18)9-5-11/h2-9,19-20H,1H3/t17-/m0/s1. The summed E-state index contributed by atoms with van der Waals surface area (Å²) in [6, 6.07) is 13.0. The third-order valence-corrected chi connectivity index (χ3v) is 3.78. The van der Waals surface area contributed by atoms with Crippen LogP contribution in [0.15, 0.2) is 60.0 Å². The Morgan fingerprint density at radius 1 is 0.955 bits per heavy atom. The lowest BCUT2D eigenvalue weighted by molar-refractivity contribution is -0.149. The van der Waals surface area contributed by atoms with Crippen molar-refractivity contribution in [2.75, 3.05) is 0 Å². The van der Waals surface area contributed by atoms with Gasteiger partial charge < -0.3 is 14.9 Å². The van der Waals surface area contributed by atoms with E-state index in [2.05, 4.69) is 0 Å². The van der Waals surface area contributed by atoms with Crippen molar-refractivity contribution in [3.63, 3.8) is 0 Å². The smallest absolute Gasteiger partial charge is 0.378 e. The zero-order valence-corrected chi connectivity index (χ0v) is 11.7. The highest BCUT2D eigenvalue weighted by molar-refractivity contribution is 5.90. The van der Waals surface area contributed by atoms with Crippen molar-refractivity contribution in [3.8, 4) is 11.1 Å². The predicted molar refractivity (Wildman–Crippen MR) is 77.6 cm³/mol. The monoisotopic (exact) mass is 300 g/mol. The fourth-order valence-electron chi connectivity index (χ4n) is 2.42. The molecule has 0 aromatic heterocycles. The second-order valence-electron chi connectivity index (χ2n) is 5.20. The molecular formula is C17H13FO4. The van der Waals surface area contributed by atoms with Gasteiger partial charge >= 0.3 is 5.97 Å². The van der Waals surface area contributed by atoms with Gasteiger partial charge in [-0.1, -0.05) is 36.4 Å². The van der Waals surface area contributed by atoms with Crippen LogP contribution in [0.5, 0.6) is 0 Å². The Morgan fingerprint density at radius 2 is 1.45 bits per heavy atom. The average Bonchev–Trinajstić information content (AvgIpc) is 2.73. The van der Waals surface area contributed by atoms with Gasteiger partial charge in [-0.3, -0.25) is 0 Å². The van der Waals surface area contributed by atoms with Crippen LogP contribution in [0.3, 0.4) is 0 Å². The van der Waals surface area contributed by atoms with Gasteiger partial charge in [0.1, 0.15) is 5.82 Å². The molecule has 0 amide bonds. The van der Waals surface area contributed by atoms with Crippen LogP contribution in [0.25, 0.3) is 11.1 Å². The molecule has 5 heteroatoms. The molecule has 0 unspecified atom stereocenters. The Morgan fingerprint density at radius 3 is 1.91 bits per heavy atom. The lowest BCUT2D eigenvalue weighted by Crippen LogP contribution is -2.25. The molecule has 1 aliphatic rings. The van der Waals surface area contributed by atoms with Gasteiger partial charge in [-0.2, -0.15) is 0 Å². The van der Waals surface area contributed by atoms with Crippen LogP contribution in [0.4, 0.5) is 4.39 Å². The lowest BCUT2D eigenvalue weighted by atomic mass is 9.92. The summed E-state index contributed by atoms with van der Waals surface area (Å²) < 4.78 is 18.0. The largest absolute Gasteiger partial charge is 0.505 e. The number of benzene rings is 2. The zero-order chi connectivity index (χ0) is 15.9. The summed E-state index contributed by atoms with van der Waals surface area (Å²) in [6.45, 7) is 1.50. The molecule has 1 heterocycles. The summed E-state index contributed by atoms with van der Waals surface area (Å²) in [5.74, 6) is -2.55. The number of halogens is 1. The highest BCUT2D eigenvalue weighted by Crippen LogP contribution is 2.39. The number of ether oxygens (including phenoxy) is 1. The molecule has 3 rings (SSSR count). The summed E-state index contributed by atoms with van der Waals surface area (Å²) in [7, 11) is 0. The van der Waals surface area contributed by atoms with Gasteiger partial charge in [0.05, 0.1) is 0 Å². The van der Waals surface area contributed by atoms with Crippen molar-refractivity contribution < 1.29 is 24.1 Å². The van der Waals surface area contributed by atoms with E-state index in [1.807, 2.05) is 0 Å². The summed E-state index contributed by atoms with van der Waals surface area (Å²) in [4.78, 5) is 11.4. The molecule has 1 aliphatic heterocycles. The van der Waals surface area contributed by atoms with E-state index in [1.54, 1.807) is 36.4 Å². The van der Waals surface area contributed by atoms with Gasteiger partial charge in [0.25, 0.3) is 0 Å². The number of esters is 1. The van der Waals surface area contributed by atoms with E-state index in [4.69, 9.17) is 4.74 Å². The number of aliphatic hydroxyl groups excluding tert-OH is 2. The van der Waals surface area contributed by atoms with E-state index in [9.17, 15) is 19.4 Å². The Balaban J connectivity index is 1.95. The van der Waals surface area contributed by atoms with Crippen LogP contribution in [-0.4, -0.2) is 16.2 Å². The fraction of sp³-hybridized carbons (Fsp3) is 0.118. The maximum absolute atomic E-state index is 12.9. The predicted octanol–water partition coefficient (Wildman–Crippen LogP) is 3.59. The third-order valence-electron chi connectivity index (χ3n) is 3.78. The van der Waals surface area contributed by atoms with E-state index >= 15 is 0 Å². The molecule has 0 bridgehead atoms. The first-order valence-electron chi connectivity index (χ1n) is 6.64. The van der Waals surface area contributed by atoms with Crippen LogP contribution in [0.2, 0.25) is 0 Å². The molecule has 0 spiro atoms. The first kappa shape index (κ1) is 14.1. The molecule has 112 valence electrons. The average molecular weight is 300 g/mol. The summed E-state index contributed by atoms with van der Waals surface area (Å²) >= 11 is 0. The minimum atomic E-state index is -1.40. The van der Waals surface area contributed by atoms with Crippen molar-refractivity contribution in [1.82, 2.24) is 0 Å². The molecule has 0 radical (unpaired) electrons. The zero-order valence-electron chi connectivity index (χ0n) is 11.7. The Bertz CT molecular complexity index is 762. The quantitative estimate of drug-likeness (QED) is 0.832. The number of carbonyl (C=O) groups excluding carboxylic acids is 1. The Hall–Kier alpha value is -2.82. The number of hydrogen-bond acceptors (Lipinski definition) is 4. The van der Waals surface area contributed by atoms with Gasteiger partial charge in [-0.15, -0.1) is 0 Å². The van der Waals surface area contributed by atoms with Crippen molar-refractivity contribution in [2.45, 2.75) is 12.5 Å². The minimum absolute atomic E-state index is 0.309. The van der Waals surface area contributed by atoms with Crippen LogP contribution in [0.1, 0.15) is 12.5 Å². The number of hydrogen-bond donors (Lipinski definition) is 2. The molecular weight excluding hydrogens is 287 g/mol. The number of aliphatic hydroxyl groups is 2. The van der Waals surface area contributed by atoms with Gasteiger partial charge in [0, 0.05) is 5.56 Å². The molecule has 0 saturated carbocycles. The van der Waals surface area contributed by atoms with Gasteiger partial charge in [0.15, 0.2) is 11.4 Å². The number of carbonyl (C=O) groups is 1. The summed E-state index contributed by atoms with van der Waals surface area (Å²) in [5, 5.41) is 19.3. The third kappa shape index (κ3) is 2.11. The van der Waals surface area contributed by atoms with Crippen molar-refractivity contribution in [3.05, 3.63) is 71.4 Å². The van der Waals surface area contributed by atoms with Gasteiger partial charge in [-0.25, -0.2) is 9.18 Å². The van der Waals surface area contributed by atoms with Crippen LogP contribution in [-0.2, 0) is 15.1 Å². The molecule has 1 atom stereocenters. The maximum Gasteiger partial charge on any atom is 0.378 e. The van der Waals surface area contributed by atoms with E-state index in [0.29, 0.717) is 5.56 Å². The normalized spacial score (nSPS) is 21.1. The number of cyclic esters (lactones) is 1. The number of rotatable bonds is 2.